The largest absolute Gasteiger partial charge is 0.466 e. The molecule has 1 heterocycles. The first-order valence-corrected chi connectivity index (χ1v) is 4.71. The van der Waals surface area contributed by atoms with E-state index >= 15 is 0 Å². The normalized spacial score (nSPS) is 38.2. The van der Waals surface area contributed by atoms with Crippen molar-refractivity contribution in [1.29, 1.82) is 0 Å². The fraction of sp³-hybridized carbons (Fsp3) is 0.889. The Morgan fingerprint density at radius 2 is 2.00 bits per heavy atom. The van der Waals surface area contributed by atoms with E-state index in [0.29, 0.717) is 0 Å². The highest BCUT2D eigenvalue weighted by Crippen LogP contribution is 2.69. The van der Waals surface area contributed by atoms with Crippen LogP contribution in [-0.4, -0.2) is 23.7 Å². The summed E-state index contributed by atoms with van der Waals surface area (Å²) < 4.78 is 9.89. The Morgan fingerprint density at radius 1 is 1.46 bits per heavy atom. The molecule has 1 atom stereocenters. The Kier molecular flexibility index (Phi) is 1.57. The number of carbonyl (C=O) groups excluding carboxylic acids is 1. The minimum atomic E-state index is -1.18. The predicted molar refractivity (Wildman–Crippen MR) is 47.4 cm³/mol. The van der Waals surface area contributed by atoms with E-state index in [9.17, 15) is 4.79 Å². The average molecular weight is 205 g/mol. The fourth-order valence-corrected chi connectivity index (χ4v) is 2.75. The summed E-state index contributed by atoms with van der Waals surface area (Å²) in [4.78, 5) is 11.2. The smallest absolute Gasteiger partial charge is 0.357 e. The summed E-state index contributed by atoms with van der Waals surface area (Å²) in [6.45, 7) is 4.27. The summed E-state index contributed by atoms with van der Waals surface area (Å²) >= 11 is 5.98. The van der Waals surface area contributed by atoms with Gasteiger partial charge in [-0.3, -0.25) is 0 Å². The molecule has 0 bridgehead atoms. The molecule has 0 aromatic heterocycles. The third-order valence-corrected chi connectivity index (χ3v) is 3.43. The van der Waals surface area contributed by atoms with Crippen LogP contribution in [-0.2, 0) is 14.3 Å². The zero-order valence-electron chi connectivity index (χ0n) is 8.02. The Hall–Kier alpha value is -0.280. The van der Waals surface area contributed by atoms with E-state index < -0.39 is 16.6 Å². The first-order valence-electron chi connectivity index (χ1n) is 4.33. The highest BCUT2D eigenvalue weighted by Gasteiger charge is 2.81. The van der Waals surface area contributed by atoms with Crippen LogP contribution in [0.3, 0.4) is 0 Å². The van der Waals surface area contributed by atoms with E-state index in [1.807, 2.05) is 0 Å². The number of hydrogen-bond acceptors (Lipinski definition) is 3. The number of alkyl halides is 1. The Balaban J connectivity index is 2.07. The van der Waals surface area contributed by atoms with Gasteiger partial charge in [0.2, 0.25) is 0 Å². The number of carbonyl (C=O) groups is 1. The highest BCUT2D eigenvalue weighted by atomic mass is 35.5. The summed E-state index contributed by atoms with van der Waals surface area (Å²) in [6.07, 6.45) is 1.66. The van der Waals surface area contributed by atoms with Crippen LogP contribution >= 0.6 is 11.6 Å². The topological polar surface area (TPSA) is 38.8 Å². The molecular weight excluding hydrogens is 192 g/mol. The van der Waals surface area contributed by atoms with Crippen LogP contribution in [0.1, 0.15) is 26.7 Å². The first kappa shape index (κ1) is 9.28. The molecule has 0 aromatic rings. The van der Waals surface area contributed by atoms with Gasteiger partial charge < -0.3 is 9.47 Å². The summed E-state index contributed by atoms with van der Waals surface area (Å²) in [5.74, 6) is -0.468. The second kappa shape index (κ2) is 2.20. The number of esters is 1. The summed E-state index contributed by atoms with van der Waals surface area (Å²) in [5.41, 5.74) is -0.185. The molecule has 1 aliphatic carbocycles. The van der Waals surface area contributed by atoms with Crippen molar-refractivity contribution in [3.8, 4) is 0 Å². The zero-order chi connectivity index (χ0) is 9.91. The van der Waals surface area contributed by atoms with E-state index in [1.54, 1.807) is 0 Å². The molecular formula is C9H13ClO3. The number of rotatable bonds is 1. The molecule has 1 spiro atoms. The lowest BCUT2D eigenvalue weighted by Gasteiger charge is -2.41. The van der Waals surface area contributed by atoms with Gasteiger partial charge in [-0.05, 0) is 18.3 Å². The minimum absolute atomic E-state index is 0.241. The molecule has 1 unspecified atom stereocenters. The van der Waals surface area contributed by atoms with Gasteiger partial charge in [-0.1, -0.05) is 25.4 Å². The molecule has 1 saturated heterocycles. The molecule has 0 amide bonds. The van der Waals surface area contributed by atoms with Gasteiger partial charge >= 0.3 is 5.97 Å². The van der Waals surface area contributed by atoms with Crippen LogP contribution in [0.2, 0.25) is 0 Å². The Morgan fingerprint density at radius 3 is 2.38 bits per heavy atom. The second-order valence-electron chi connectivity index (χ2n) is 4.70. The van der Waals surface area contributed by atoms with E-state index in [2.05, 4.69) is 18.6 Å². The van der Waals surface area contributed by atoms with Gasteiger partial charge in [0, 0.05) is 0 Å². The lowest BCUT2D eigenvalue weighted by molar-refractivity contribution is -0.143. The van der Waals surface area contributed by atoms with Crippen molar-refractivity contribution in [3.05, 3.63) is 0 Å². The van der Waals surface area contributed by atoms with Crippen molar-refractivity contribution in [2.45, 2.75) is 37.4 Å². The van der Waals surface area contributed by atoms with Crippen molar-refractivity contribution in [2.24, 2.45) is 5.41 Å². The third kappa shape index (κ3) is 1.03. The van der Waals surface area contributed by atoms with Crippen LogP contribution in [0.5, 0.6) is 0 Å². The van der Waals surface area contributed by atoms with Gasteiger partial charge in [0.05, 0.1) is 7.11 Å². The van der Waals surface area contributed by atoms with Crippen molar-refractivity contribution in [2.75, 3.05) is 7.11 Å². The number of methoxy groups -OCH3 is 1. The van der Waals surface area contributed by atoms with Gasteiger partial charge in [-0.15, -0.1) is 0 Å². The van der Waals surface area contributed by atoms with Gasteiger partial charge in [0.25, 0.3) is 5.06 Å². The molecule has 0 N–H and O–H groups in total. The molecule has 0 radical (unpaired) electrons. The average Bonchev–Trinajstić information content (AvgIpc) is 2.54. The standard InChI is InChI=1S/C9H13ClO3/c1-7(2)4-8(5-7)9(10,13-8)6(11)12-3/h4-5H2,1-3H3. The molecule has 2 aliphatic rings. The van der Waals surface area contributed by atoms with E-state index in [0.717, 1.165) is 12.8 Å². The summed E-state index contributed by atoms with van der Waals surface area (Å²) in [7, 11) is 1.33. The van der Waals surface area contributed by atoms with E-state index in [1.165, 1.54) is 7.11 Å². The first-order chi connectivity index (χ1) is 5.85. The SMILES string of the molecule is COC(=O)C1(Cl)OC12CC(C)(C)C2. The fourth-order valence-electron chi connectivity index (χ4n) is 2.40. The number of hydrogen-bond donors (Lipinski definition) is 0. The summed E-state index contributed by atoms with van der Waals surface area (Å²) in [6, 6.07) is 0. The van der Waals surface area contributed by atoms with Crippen LogP contribution in [0.15, 0.2) is 0 Å². The van der Waals surface area contributed by atoms with Crippen LogP contribution < -0.4 is 0 Å². The maximum Gasteiger partial charge on any atom is 0.357 e. The monoisotopic (exact) mass is 204 g/mol. The van der Waals surface area contributed by atoms with E-state index in [-0.39, 0.29) is 5.41 Å². The van der Waals surface area contributed by atoms with Crippen molar-refractivity contribution >= 4 is 17.6 Å². The van der Waals surface area contributed by atoms with Gasteiger partial charge in [-0.2, -0.15) is 0 Å². The van der Waals surface area contributed by atoms with Crippen LogP contribution in [0.4, 0.5) is 0 Å². The molecule has 1 aliphatic heterocycles. The molecule has 13 heavy (non-hydrogen) atoms. The Labute approximate surface area is 82.3 Å². The molecule has 1 saturated carbocycles. The predicted octanol–water partition coefficient (Wildman–Crippen LogP) is 1.68. The van der Waals surface area contributed by atoms with Gasteiger partial charge in [0.1, 0.15) is 5.60 Å². The lowest BCUT2D eigenvalue weighted by atomic mass is 9.62. The van der Waals surface area contributed by atoms with Crippen LogP contribution in [0, 0.1) is 5.41 Å². The van der Waals surface area contributed by atoms with Gasteiger partial charge in [-0.25, -0.2) is 4.79 Å². The summed E-state index contributed by atoms with van der Waals surface area (Å²) in [5, 5.41) is -1.18. The maximum absolute atomic E-state index is 11.2. The molecule has 0 aromatic carbocycles. The Bertz CT molecular complexity index is 266. The number of halogens is 1. The van der Waals surface area contributed by atoms with Crippen LogP contribution in [0.25, 0.3) is 0 Å². The third-order valence-electron chi connectivity index (χ3n) is 2.86. The number of epoxide rings is 1. The molecule has 74 valence electrons. The molecule has 3 nitrogen and oxygen atoms in total. The highest BCUT2D eigenvalue weighted by molar-refractivity contribution is 6.36. The van der Waals surface area contributed by atoms with E-state index in [4.69, 9.17) is 16.3 Å². The quantitative estimate of drug-likeness (QED) is 0.371. The molecule has 2 rings (SSSR count). The lowest BCUT2D eigenvalue weighted by Crippen LogP contribution is -2.45. The minimum Gasteiger partial charge on any atom is -0.466 e. The zero-order valence-corrected chi connectivity index (χ0v) is 8.77. The van der Waals surface area contributed by atoms with Crippen molar-refractivity contribution in [1.82, 2.24) is 0 Å². The molecule has 4 heteroatoms. The molecule has 2 fully saturated rings. The maximum atomic E-state index is 11.2. The van der Waals surface area contributed by atoms with Crippen molar-refractivity contribution < 1.29 is 14.3 Å². The number of ether oxygens (including phenoxy) is 2. The second-order valence-corrected chi connectivity index (χ2v) is 5.23. The van der Waals surface area contributed by atoms with Crippen molar-refractivity contribution in [3.63, 3.8) is 0 Å². The van der Waals surface area contributed by atoms with Gasteiger partial charge in [0.15, 0.2) is 0 Å².